The van der Waals surface area contributed by atoms with E-state index in [0.717, 1.165) is 11.1 Å². The molecule has 1 N–H and O–H groups in total. The van der Waals surface area contributed by atoms with Crippen LogP contribution >= 0.6 is 0 Å². The second kappa shape index (κ2) is 11.4. The highest BCUT2D eigenvalue weighted by Gasteiger charge is 2.14. The molecule has 0 aromatic heterocycles. The number of nitrogens with one attached hydrogen (secondary N) is 1. The molecule has 0 aliphatic carbocycles. The van der Waals surface area contributed by atoms with Crippen molar-refractivity contribution in [2.45, 2.75) is 26.8 Å². The van der Waals surface area contributed by atoms with E-state index in [0.29, 0.717) is 43.2 Å². The third-order valence-electron chi connectivity index (χ3n) is 4.08. The Kier molecular flexibility index (Phi) is 8.52. The first-order valence-corrected chi connectivity index (χ1v) is 9.60. The molecular formula is C24H26N2O3. The molecule has 0 atom stereocenters. The minimum absolute atomic E-state index is 0.0251. The number of allylic oxidation sites excluding steroid dienone is 1. The summed E-state index contributed by atoms with van der Waals surface area (Å²) in [7, 11) is 0. The normalized spacial score (nSPS) is 10.7. The molecular weight excluding hydrogens is 364 g/mol. The summed E-state index contributed by atoms with van der Waals surface area (Å²) in [6.45, 7) is 8.93. The Morgan fingerprint density at radius 1 is 1.17 bits per heavy atom. The predicted octanol–water partition coefficient (Wildman–Crippen LogP) is 4.44. The molecule has 29 heavy (non-hydrogen) atoms. The van der Waals surface area contributed by atoms with E-state index in [2.05, 4.69) is 11.9 Å². The Labute approximate surface area is 172 Å². The van der Waals surface area contributed by atoms with Crippen molar-refractivity contribution in [1.82, 2.24) is 5.32 Å². The van der Waals surface area contributed by atoms with Crippen molar-refractivity contribution in [1.29, 1.82) is 5.26 Å². The molecule has 5 nitrogen and oxygen atoms in total. The minimum atomic E-state index is -0.423. The predicted molar refractivity (Wildman–Crippen MR) is 115 cm³/mol. The van der Waals surface area contributed by atoms with Crippen molar-refractivity contribution in [2.75, 3.05) is 13.2 Å². The van der Waals surface area contributed by atoms with Gasteiger partial charge in [-0.1, -0.05) is 36.4 Å². The summed E-state index contributed by atoms with van der Waals surface area (Å²) in [5.41, 5.74) is 2.57. The molecule has 0 aliphatic heterocycles. The maximum Gasteiger partial charge on any atom is 0.262 e. The number of nitrogens with zero attached hydrogens (tertiary/aromatic N) is 1. The molecule has 2 aromatic carbocycles. The first-order chi connectivity index (χ1) is 14.1. The standard InChI is InChI=1S/C24H26N2O3/c1-4-10-20-13-19(15-22(28-5-2)23(20)29-6-3)14-21(16-25)24(27)26-17-18-11-8-7-9-12-18/h4,7-9,11-15H,1,5-6,10,17H2,2-3H3,(H,26,27)/b21-14+. The Balaban J connectivity index is 2.31. The van der Waals surface area contributed by atoms with Crippen molar-refractivity contribution in [3.05, 3.63) is 77.4 Å². The molecule has 2 aromatic rings. The summed E-state index contributed by atoms with van der Waals surface area (Å²) in [6, 6.07) is 15.2. The molecule has 1 amide bonds. The van der Waals surface area contributed by atoms with Gasteiger partial charge >= 0.3 is 0 Å². The quantitative estimate of drug-likeness (QED) is 0.370. The summed E-state index contributed by atoms with van der Waals surface area (Å²) < 4.78 is 11.5. The number of carbonyl (C=O) groups is 1. The topological polar surface area (TPSA) is 71.4 Å². The smallest absolute Gasteiger partial charge is 0.262 e. The van der Waals surface area contributed by atoms with E-state index in [1.54, 1.807) is 18.2 Å². The number of carbonyl (C=O) groups excluding carboxylic acids is 1. The van der Waals surface area contributed by atoms with Crippen molar-refractivity contribution >= 4 is 12.0 Å². The highest BCUT2D eigenvalue weighted by molar-refractivity contribution is 6.01. The molecule has 5 heteroatoms. The van der Waals surface area contributed by atoms with Gasteiger partial charge in [-0.15, -0.1) is 6.58 Å². The molecule has 0 heterocycles. The number of amides is 1. The Morgan fingerprint density at radius 3 is 2.52 bits per heavy atom. The van der Waals surface area contributed by atoms with Gasteiger partial charge in [0.25, 0.3) is 5.91 Å². The third kappa shape index (κ3) is 6.25. The fourth-order valence-corrected chi connectivity index (χ4v) is 2.83. The Hall–Kier alpha value is -3.52. The second-order valence-corrected chi connectivity index (χ2v) is 6.20. The van der Waals surface area contributed by atoms with Crippen LogP contribution in [0.5, 0.6) is 11.5 Å². The van der Waals surface area contributed by atoms with Crippen LogP contribution in [0.25, 0.3) is 6.08 Å². The minimum Gasteiger partial charge on any atom is -0.490 e. The fraction of sp³-hybridized carbons (Fsp3) is 0.250. The number of hydrogen-bond donors (Lipinski definition) is 1. The average Bonchev–Trinajstić information content (AvgIpc) is 2.73. The largest absolute Gasteiger partial charge is 0.490 e. The summed E-state index contributed by atoms with van der Waals surface area (Å²) in [5.74, 6) is 0.828. The van der Waals surface area contributed by atoms with Crippen molar-refractivity contribution < 1.29 is 14.3 Å². The lowest BCUT2D eigenvalue weighted by Gasteiger charge is -2.16. The molecule has 0 saturated heterocycles. The van der Waals surface area contributed by atoms with Crippen molar-refractivity contribution in [3.8, 4) is 17.6 Å². The average molecular weight is 390 g/mol. The Morgan fingerprint density at radius 2 is 1.90 bits per heavy atom. The van der Waals surface area contributed by atoms with E-state index in [1.165, 1.54) is 0 Å². The molecule has 2 rings (SSSR count). The molecule has 150 valence electrons. The maximum absolute atomic E-state index is 12.5. The van der Waals surface area contributed by atoms with Gasteiger partial charge in [-0.2, -0.15) is 5.26 Å². The van der Waals surface area contributed by atoms with Gasteiger partial charge in [-0.3, -0.25) is 4.79 Å². The van der Waals surface area contributed by atoms with Crippen LogP contribution < -0.4 is 14.8 Å². The number of rotatable bonds is 10. The van der Waals surface area contributed by atoms with Gasteiger partial charge in [0, 0.05) is 12.1 Å². The van der Waals surface area contributed by atoms with Crippen LogP contribution in [-0.2, 0) is 17.8 Å². The van der Waals surface area contributed by atoms with Gasteiger partial charge in [-0.05, 0) is 49.6 Å². The van der Waals surface area contributed by atoms with E-state index in [9.17, 15) is 10.1 Å². The van der Waals surface area contributed by atoms with Gasteiger partial charge < -0.3 is 14.8 Å². The first kappa shape index (κ1) is 21.8. The lowest BCUT2D eigenvalue weighted by atomic mass is 10.0. The van der Waals surface area contributed by atoms with E-state index in [-0.39, 0.29) is 5.57 Å². The van der Waals surface area contributed by atoms with Crippen LogP contribution in [0.3, 0.4) is 0 Å². The number of benzene rings is 2. The highest BCUT2D eigenvalue weighted by Crippen LogP contribution is 2.34. The van der Waals surface area contributed by atoms with Crippen LogP contribution in [0, 0.1) is 11.3 Å². The lowest BCUT2D eigenvalue weighted by Crippen LogP contribution is -2.23. The molecule has 0 fully saturated rings. The Bertz CT molecular complexity index is 912. The van der Waals surface area contributed by atoms with Crippen molar-refractivity contribution in [3.63, 3.8) is 0 Å². The van der Waals surface area contributed by atoms with E-state index >= 15 is 0 Å². The van der Waals surface area contributed by atoms with E-state index in [4.69, 9.17) is 9.47 Å². The second-order valence-electron chi connectivity index (χ2n) is 6.20. The monoisotopic (exact) mass is 390 g/mol. The molecule has 0 bridgehead atoms. The molecule has 0 saturated carbocycles. The highest BCUT2D eigenvalue weighted by atomic mass is 16.5. The number of nitriles is 1. The van der Waals surface area contributed by atoms with Crippen LogP contribution in [0.4, 0.5) is 0 Å². The molecule has 0 unspecified atom stereocenters. The van der Waals surface area contributed by atoms with Crippen molar-refractivity contribution in [2.24, 2.45) is 0 Å². The van der Waals surface area contributed by atoms with E-state index in [1.807, 2.05) is 56.3 Å². The summed E-state index contributed by atoms with van der Waals surface area (Å²) in [5, 5.41) is 12.3. The van der Waals surface area contributed by atoms with Crippen LogP contribution in [0.2, 0.25) is 0 Å². The maximum atomic E-state index is 12.5. The molecule has 0 aliphatic rings. The third-order valence-corrected chi connectivity index (χ3v) is 4.08. The fourth-order valence-electron chi connectivity index (χ4n) is 2.83. The van der Waals surface area contributed by atoms with E-state index < -0.39 is 5.91 Å². The lowest BCUT2D eigenvalue weighted by molar-refractivity contribution is -0.117. The van der Waals surface area contributed by atoms with Gasteiger partial charge in [0.05, 0.1) is 13.2 Å². The van der Waals surface area contributed by atoms with Crippen LogP contribution in [-0.4, -0.2) is 19.1 Å². The summed E-state index contributed by atoms with van der Waals surface area (Å²) in [6.07, 6.45) is 3.92. The van der Waals surface area contributed by atoms with Crippen LogP contribution in [0.15, 0.2) is 60.7 Å². The van der Waals surface area contributed by atoms with Gasteiger partial charge in [-0.25, -0.2) is 0 Å². The number of hydrogen-bond acceptors (Lipinski definition) is 4. The summed E-state index contributed by atoms with van der Waals surface area (Å²) in [4.78, 5) is 12.5. The summed E-state index contributed by atoms with van der Waals surface area (Å²) >= 11 is 0. The zero-order valence-corrected chi connectivity index (χ0v) is 16.9. The SMILES string of the molecule is C=CCc1cc(/C=C(\C#N)C(=O)NCc2ccccc2)cc(OCC)c1OCC. The zero-order valence-electron chi connectivity index (χ0n) is 16.9. The first-order valence-electron chi connectivity index (χ1n) is 9.60. The van der Waals surface area contributed by atoms with Gasteiger partial charge in [0.1, 0.15) is 11.6 Å². The van der Waals surface area contributed by atoms with Gasteiger partial charge in [0.2, 0.25) is 0 Å². The van der Waals surface area contributed by atoms with Crippen LogP contribution in [0.1, 0.15) is 30.5 Å². The number of ether oxygens (including phenoxy) is 2. The molecule has 0 radical (unpaired) electrons. The zero-order chi connectivity index (χ0) is 21.1. The van der Waals surface area contributed by atoms with Gasteiger partial charge in [0.15, 0.2) is 11.5 Å². The molecule has 0 spiro atoms.